The van der Waals surface area contributed by atoms with Crippen LogP contribution in [0.25, 0.3) is 11.3 Å². The van der Waals surface area contributed by atoms with Gasteiger partial charge in [0.25, 0.3) is 0 Å². The lowest BCUT2D eigenvalue weighted by Gasteiger charge is -2.31. The molecule has 2 aromatic rings. The quantitative estimate of drug-likeness (QED) is 0.736. The molecule has 1 fully saturated rings. The molecular formula is C19H32ClN5O. The van der Waals surface area contributed by atoms with Crippen molar-refractivity contribution in [3.63, 3.8) is 0 Å². The highest BCUT2D eigenvalue weighted by Crippen LogP contribution is 2.30. The monoisotopic (exact) mass is 381 g/mol. The normalized spacial score (nSPS) is 16.5. The molecule has 0 aromatic carbocycles. The van der Waals surface area contributed by atoms with Gasteiger partial charge < -0.3 is 9.30 Å². The van der Waals surface area contributed by atoms with Crippen molar-refractivity contribution in [2.75, 3.05) is 32.8 Å². The van der Waals surface area contributed by atoms with Gasteiger partial charge in [-0.2, -0.15) is 5.10 Å². The van der Waals surface area contributed by atoms with Crippen LogP contribution in [0.1, 0.15) is 44.1 Å². The lowest BCUT2D eigenvalue weighted by atomic mass is 10.1. The maximum Gasteiger partial charge on any atom is 0.0954 e. The summed E-state index contributed by atoms with van der Waals surface area (Å²) in [6, 6.07) is 0.420. The summed E-state index contributed by atoms with van der Waals surface area (Å²) in [4.78, 5) is 6.98. The zero-order valence-corrected chi connectivity index (χ0v) is 17.3. The second-order valence-electron chi connectivity index (χ2n) is 6.93. The Bertz CT molecular complexity index is 690. The van der Waals surface area contributed by atoms with Gasteiger partial charge in [-0.05, 0) is 26.7 Å². The molecule has 0 saturated carbocycles. The van der Waals surface area contributed by atoms with Crippen molar-refractivity contribution in [1.29, 1.82) is 0 Å². The van der Waals surface area contributed by atoms with E-state index in [2.05, 4.69) is 46.8 Å². The van der Waals surface area contributed by atoms with Crippen molar-refractivity contribution in [1.82, 2.24) is 24.2 Å². The first-order valence-electron chi connectivity index (χ1n) is 9.52. The molecule has 6 nitrogen and oxygen atoms in total. The van der Waals surface area contributed by atoms with Gasteiger partial charge in [0.05, 0.1) is 37.1 Å². The van der Waals surface area contributed by atoms with E-state index in [1.165, 1.54) is 17.0 Å². The van der Waals surface area contributed by atoms with E-state index in [-0.39, 0.29) is 12.4 Å². The van der Waals surface area contributed by atoms with E-state index in [1.807, 2.05) is 12.5 Å². The molecule has 3 rings (SSSR count). The number of hydrogen-bond acceptors (Lipinski definition) is 4. The Morgan fingerprint density at radius 3 is 2.58 bits per heavy atom. The molecule has 146 valence electrons. The third-order valence-corrected chi connectivity index (χ3v) is 5.18. The van der Waals surface area contributed by atoms with Crippen LogP contribution in [0.15, 0.2) is 12.5 Å². The van der Waals surface area contributed by atoms with E-state index >= 15 is 0 Å². The molecule has 1 unspecified atom stereocenters. The molecule has 0 aliphatic carbocycles. The number of rotatable bonds is 7. The van der Waals surface area contributed by atoms with Crippen molar-refractivity contribution in [2.24, 2.45) is 0 Å². The molecule has 7 heteroatoms. The number of aryl methyl sites for hydroxylation is 2. The molecule has 1 atom stereocenters. The second-order valence-corrected chi connectivity index (χ2v) is 6.93. The molecule has 0 N–H and O–H groups in total. The minimum absolute atomic E-state index is 0. The molecular weight excluding hydrogens is 350 g/mol. The maximum absolute atomic E-state index is 5.48. The van der Waals surface area contributed by atoms with Crippen molar-refractivity contribution in [2.45, 2.75) is 53.1 Å². The highest BCUT2D eigenvalue weighted by molar-refractivity contribution is 5.85. The van der Waals surface area contributed by atoms with E-state index in [1.54, 1.807) is 0 Å². The number of ether oxygens (including phenoxy) is 1. The van der Waals surface area contributed by atoms with Crippen LogP contribution < -0.4 is 0 Å². The molecule has 2 aromatic heterocycles. The molecule has 0 spiro atoms. The van der Waals surface area contributed by atoms with Crippen LogP contribution in [0, 0.1) is 13.8 Å². The van der Waals surface area contributed by atoms with E-state index in [4.69, 9.17) is 9.84 Å². The molecule has 0 radical (unpaired) electrons. The number of morpholine rings is 1. The Labute approximate surface area is 162 Å². The van der Waals surface area contributed by atoms with Gasteiger partial charge in [0.1, 0.15) is 0 Å². The van der Waals surface area contributed by atoms with Gasteiger partial charge >= 0.3 is 0 Å². The second kappa shape index (κ2) is 9.53. The lowest BCUT2D eigenvalue weighted by Crippen LogP contribution is -2.39. The predicted octanol–water partition coefficient (Wildman–Crippen LogP) is 3.48. The highest BCUT2D eigenvalue weighted by atomic mass is 35.5. The highest BCUT2D eigenvalue weighted by Gasteiger charge is 2.22. The Balaban J connectivity index is 0.00000243. The number of nitrogens with zero attached hydrogens (tertiary/aromatic N) is 5. The predicted molar refractivity (Wildman–Crippen MR) is 107 cm³/mol. The molecule has 1 saturated heterocycles. The Morgan fingerprint density at radius 1 is 1.19 bits per heavy atom. The zero-order chi connectivity index (χ0) is 17.8. The smallest absolute Gasteiger partial charge is 0.0954 e. The van der Waals surface area contributed by atoms with Crippen LogP contribution in [-0.2, 0) is 11.3 Å². The van der Waals surface area contributed by atoms with Gasteiger partial charge in [-0.1, -0.05) is 13.8 Å². The van der Waals surface area contributed by atoms with Crippen LogP contribution in [0.4, 0.5) is 0 Å². The average molecular weight is 382 g/mol. The summed E-state index contributed by atoms with van der Waals surface area (Å²) in [5.41, 5.74) is 4.76. The maximum atomic E-state index is 5.48. The first kappa shape index (κ1) is 20.9. The number of halogens is 1. The summed E-state index contributed by atoms with van der Waals surface area (Å²) in [6.07, 6.45) is 6.16. The lowest BCUT2D eigenvalue weighted by molar-refractivity contribution is 0.0313. The number of hydrogen-bond donors (Lipinski definition) is 0. The first-order valence-corrected chi connectivity index (χ1v) is 9.52. The summed E-state index contributed by atoms with van der Waals surface area (Å²) in [6.45, 7) is 14.5. The SMILES string of the molecule is CCCn1nc(C)c(-c2cncn2C(CC)CN2CCOCC2)c1C.Cl. The van der Waals surface area contributed by atoms with Gasteiger partial charge in [0, 0.05) is 43.5 Å². The Hall–Kier alpha value is -1.37. The average Bonchev–Trinajstić information content (AvgIpc) is 3.19. The molecule has 3 heterocycles. The van der Waals surface area contributed by atoms with E-state index in [0.29, 0.717) is 6.04 Å². The largest absolute Gasteiger partial charge is 0.379 e. The summed E-state index contributed by atoms with van der Waals surface area (Å²) >= 11 is 0. The Kier molecular flexibility index (Phi) is 7.68. The molecule has 1 aliphatic heterocycles. The third kappa shape index (κ3) is 4.30. The van der Waals surface area contributed by atoms with Crippen LogP contribution >= 0.6 is 12.4 Å². The first-order chi connectivity index (χ1) is 12.2. The van der Waals surface area contributed by atoms with Gasteiger partial charge in [0.15, 0.2) is 0 Å². The third-order valence-electron chi connectivity index (χ3n) is 5.18. The topological polar surface area (TPSA) is 48.1 Å². The summed E-state index contributed by atoms with van der Waals surface area (Å²) < 4.78 is 9.96. The number of imidazole rings is 1. The van der Waals surface area contributed by atoms with Gasteiger partial charge in [0.2, 0.25) is 0 Å². The van der Waals surface area contributed by atoms with E-state index in [0.717, 1.165) is 57.9 Å². The van der Waals surface area contributed by atoms with Crippen molar-refractivity contribution in [3.05, 3.63) is 23.9 Å². The van der Waals surface area contributed by atoms with Crippen molar-refractivity contribution >= 4 is 12.4 Å². The van der Waals surface area contributed by atoms with Crippen LogP contribution in [0.3, 0.4) is 0 Å². The standard InChI is InChI=1S/C19H31N5O.ClH/c1-5-7-24-16(4)19(15(3)21-24)18-12-20-14-23(18)17(6-2)13-22-8-10-25-11-9-22;/h12,14,17H,5-11,13H2,1-4H3;1H. The molecule has 0 bridgehead atoms. The molecule has 26 heavy (non-hydrogen) atoms. The van der Waals surface area contributed by atoms with Crippen LogP contribution in [-0.4, -0.2) is 57.1 Å². The van der Waals surface area contributed by atoms with Gasteiger partial charge in [-0.3, -0.25) is 9.58 Å². The fourth-order valence-electron chi connectivity index (χ4n) is 3.78. The van der Waals surface area contributed by atoms with Crippen molar-refractivity contribution < 1.29 is 4.74 Å². The van der Waals surface area contributed by atoms with E-state index < -0.39 is 0 Å². The Morgan fingerprint density at radius 2 is 1.92 bits per heavy atom. The zero-order valence-electron chi connectivity index (χ0n) is 16.4. The summed E-state index contributed by atoms with van der Waals surface area (Å²) in [7, 11) is 0. The number of aromatic nitrogens is 4. The minimum atomic E-state index is 0. The fourth-order valence-corrected chi connectivity index (χ4v) is 3.78. The van der Waals surface area contributed by atoms with Gasteiger partial charge in [-0.25, -0.2) is 4.98 Å². The molecule has 0 amide bonds. The minimum Gasteiger partial charge on any atom is -0.379 e. The summed E-state index contributed by atoms with van der Waals surface area (Å²) in [5.74, 6) is 0. The van der Waals surface area contributed by atoms with Gasteiger partial charge in [-0.15, -0.1) is 12.4 Å². The van der Waals surface area contributed by atoms with Crippen LogP contribution in [0.5, 0.6) is 0 Å². The summed E-state index contributed by atoms with van der Waals surface area (Å²) in [5, 5.41) is 4.75. The fraction of sp³-hybridized carbons (Fsp3) is 0.684. The van der Waals surface area contributed by atoms with E-state index in [9.17, 15) is 0 Å². The van der Waals surface area contributed by atoms with Crippen molar-refractivity contribution in [3.8, 4) is 11.3 Å². The van der Waals surface area contributed by atoms with Crippen LogP contribution in [0.2, 0.25) is 0 Å². The molecule has 1 aliphatic rings.